The van der Waals surface area contributed by atoms with Crippen LogP contribution in [0.1, 0.15) is 9.67 Å². The molecule has 1 rings (SSSR count). The number of alkyl halides is 3. The molecule has 0 saturated carbocycles. The average molecular weight is 366 g/mol. The molecular formula is C8H6F3IO3S. The number of rotatable bonds is 3. The Kier molecular flexibility index (Phi) is 4.42. The fraction of sp³-hybridized carbons (Fsp3) is 0.375. The lowest BCUT2D eigenvalue weighted by atomic mass is 10.4. The Balaban J connectivity index is 2.83. The predicted octanol–water partition coefficient (Wildman–Crippen LogP) is 3.08. The molecule has 0 aliphatic heterocycles. The maximum absolute atomic E-state index is 11.9. The SMILES string of the molecule is COC(=O)c1sc(I)cc1OCC(F)(F)F. The molecule has 8 heteroatoms. The zero-order chi connectivity index (χ0) is 12.3. The highest BCUT2D eigenvalue weighted by Gasteiger charge is 2.30. The van der Waals surface area contributed by atoms with E-state index in [1.165, 1.54) is 6.07 Å². The van der Waals surface area contributed by atoms with E-state index in [1.54, 1.807) is 0 Å². The Hall–Kier alpha value is -0.510. The maximum atomic E-state index is 11.9. The molecule has 0 spiro atoms. The smallest absolute Gasteiger partial charge is 0.422 e. The topological polar surface area (TPSA) is 35.5 Å². The third-order valence-electron chi connectivity index (χ3n) is 1.43. The van der Waals surface area contributed by atoms with Crippen LogP contribution in [0.15, 0.2) is 6.07 Å². The van der Waals surface area contributed by atoms with E-state index in [-0.39, 0.29) is 10.6 Å². The van der Waals surface area contributed by atoms with Crippen LogP contribution in [0, 0.1) is 2.88 Å². The summed E-state index contributed by atoms with van der Waals surface area (Å²) in [5, 5.41) is 0. The van der Waals surface area contributed by atoms with E-state index >= 15 is 0 Å². The highest BCUT2D eigenvalue weighted by atomic mass is 127. The fourth-order valence-corrected chi connectivity index (χ4v) is 2.54. The van der Waals surface area contributed by atoms with E-state index in [9.17, 15) is 18.0 Å². The van der Waals surface area contributed by atoms with Crippen LogP contribution in [0.4, 0.5) is 13.2 Å². The predicted molar refractivity (Wildman–Crippen MR) is 59.9 cm³/mol. The molecule has 0 atom stereocenters. The van der Waals surface area contributed by atoms with Gasteiger partial charge in [0.2, 0.25) is 0 Å². The summed E-state index contributed by atoms with van der Waals surface area (Å²) in [6.45, 7) is -1.43. The summed E-state index contributed by atoms with van der Waals surface area (Å²) in [6.07, 6.45) is -4.43. The molecule has 0 aromatic carbocycles. The van der Waals surface area contributed by atoms with Gasteiger partial charge in [0.15, 0.2) is 11.5 Å². The van der Waals surface area contributed by atoms with Crippen LogP contribution in [-0.2, 0) is 4.74 Å². The molecule has 0 fully saturated rings. The van der Waals surface area contributed by atoms with E-state index in [1.807, 2.05) is 22.6 Å². The van der Waals surface area contributed by atoms with Gasteiger partial charge in [-0.15, -0.1) is 11.3 Å². The molecular weight excluding hydrogens is 360 g/mol. The van der Waals surface area contributed by atoms with Crippen molar-refractivity contribution in [3.05, 3.63) is 13.8 Å². The summed E-state index contributed by atoms with van der Waals surface area (Å²) in [5.74, 6) is -0.802. The summed E-state index contributed by atoms with van der Waals surface area (Å²) in [6, 6.07) is 1.36. The molecule has 16 heavy (non-hydrogen) atoms. The van der Waals surface area contributed by atoms with Gasteiger partial charge < -0.3 is 9.47 Å². The lowest BCUT2D eigenvalue weighted by Gasteiger charge is -2.08. The van der Waals surface area contributed by atoms with Gasteiger partial charge in [0.1, 0.15) is 5.75 Å². The van der Waals surface area contributed by atoms with Gasteiger partial charge in [0, 0.05) is 6.07 Å². The van der Waals surface area contributed by atoms with E-state index in [0.717, 1.165) is 18.4 Å². The Morgan fingerprint density at radius 3 is 2.69 bits per heavy atom. The van der Waals surface area contributed by atoms with E-state index in [4.69, 9.17) is 0 Å². The Morgan fingerprint density at radius 1 is 1.56 bits per heavy atom. The van der Waals surface area contributed by atoms with Gasteiger partial charge in [0.25, 0.3) is 0 Å². The molecule has 0 aliphatic rings. The summed E-state index contributed by atoms with van der Waals surface area (Å²) in [5.41, 5.74) is 0. The summed E-state index contributed by atoms with van der Waals surface area (Å²) in [4.78, 5) is 11.2. The van der Waals surface area contributed by atoms with E-state index in [0.29, 0.717) is 2.88 Å². The third kappa shape index (κ3) is 3.81. The molecule has 1 heterocycles. The van der Waals surface area contributed by atoms with Gasteiger partial charge in [-0.2, -0.15) is 13.2 Å². The van der Waals surface area contributed by atoms with Crippen molar-refractivity contribution >= 4 is 39.9 Å². The Bertz CT molecular complexity index is 388. The van der Waals surface area contributed by atoms with Gasteiger partial charge in [-0.3, -0.25) is 0 Å². The first-order valence-electron chi connectivity index (χ1n) is 3.90. The number of ether oxygens (including phenoxy) is 2. The largest absolute Gasteiger partial charge is 0.482 e. The molecule has 0 radical (unpaired) electrons. The molecule has 0 bridgehead atoms. The van der Waals surface area contributed by atoms with E-state index < -0.39 is 18.8 Å². The first-order valence-corrected chi connectivity index (χ1v) is 5.80. The second kappa shape index (κ2) is 5.21. The number of halogens is 4. The average Bonchev–Trinajstić information content (AvgIpc) is 2.54. The highest BCUT2D eigenvalue weighted by Crippen LogP contribution is 2.32. The van der Waals surface area contributed by atoms with Gasteiger partial charge in [-0.05, 0) is 22.6 Å². The van der Waals surface area contributed by atoms with Crippen LogP contribution >= 0.6 is 33.9 Å². The molecule has 1 aromatic rings. The second-order valence-electron chi connectivity index (χ2n) is 2.64. The van der Waals surface area contributed by atoms with Crippen molar-refractivity contribution in [3.8, 4) is 5.75 Å². The molecule has 0 amide bonds. The van der Waals surface area contributed by atoms with Crippen LogP contribution < -0.4 is 4.74 Å². The monoisotopic (exact) mass is 366 g/mol. The second-order valence-corrected chi connectivity index (χ2v) is 5.59. The molecule has 1 aromatic heterocycles. The normalized spacial score (nSPS) is 11.3. The Morgan fingerprint density at radius 2 is 2.19 bits per heavy atom. The van der Waals surface area contributed by atoms with Crippen LogP contribution in [0.2, 0.25) is 0 Å². The minimum atomic E-state index is -4.43. The van der Waals surface area contributed by atoms with E-state index in [2.05, 4.69) is 9.47 Å². The molecule has 0 saturated heterocycles. The third-order valence-corrected chi connectivity index (χ3v) is 3.29. The zero-order valence-electron chi connectivity index (χ0n) is 7.93. The van der Waals surface area contributed by atoms with Gasteiger partial charge in [-0.1, -0.05) is 0 Å². The quantitative estimate of drug-likeness (QED) is 0.610. The molecule has 90 valence electrons. The molecule has 0 aliphatic carbocycles. The number of hydrogen-bond acceptors (Lipinski definition) is 4. The number of carbonyl (C=O) groups excluding carboxylic acids is 1. The summed E-state index contributed by atoms with van der Waals surface area (Å²) < 4.78 is 45.4. The van der Waals surface area contributed by atoms with Crippen molar-refractivity contribution in [2.45, 2.75) is 6.18 Å². The number of methoxy groups -OCH3 is 1. The number of thiophene rings is 1. The van der Waals surface area contributed by atoms with Crippen molar-refractivity contribution in [2.75, 3.05) is 13.7 Å². The molecule has 0 N–H and O–H groups in total. The zero-order valence-corrected chi connectivity index (χ0v) is 10.9. The summed E-state index contributed by atoms with van der Waals surface area (Å²) >= 11 is 2.90. The first-order chi connectivity index (χ1) is 7.33. The minimum Gasteiger partial charge on any atom is -0.482 e. The number of hydrogen-bond donors (Lipinski definition) is 0. The maximum Gasteiger partial charge on any atom is 0.422 e. The highest BCUT2D eigenvalue weighted by molar-refractivity contribution is 14.1. The van der Waals surface area contributed by atoms with Crippen LogP contribution in [0.5, 0.6) is 5.75 Å². The first kappa shape index (κ1) is 13.6. The van der Waals surface area contributed by atoms with Crippen LogP contribution in [-0.4, -0.2) is 25.9 Å². The lowest BCUT2D eigenvalue weighted by Crippen LogP contribution is -2.19. The molecule has 3 nitrogen and oxygen atoms in total. The van der Waals surface area contributed by atoms with Crippen molar-refractivity contribution in [1.29, 1.82) is 0 Å². The van der Waals surface area contributed by atoms with Crippen LogP contribution in [0.3, 0.4) is 0 Å². The number of esters is 1. The van der Waals surface area contributed by atoms with Gasteiger partial charge >= 0.3 is 12.1 Å². The van der Waals surface area contributed by atoms with Gasteiger partial charge in [0.05, 0.1) is 9.99 Å². The van der Waals surface area contributed by atoms with Gasteiger partial charge in [-0.25, -0.2) is 4.79 Å². The van der Waals surface area contributed by atoms with Crippen molar-refractivity contribution in [2.24, 2.45) is 0 Å². The lowest BCUT2D eigenvalue weighted by molar-refractivity contribution is -0.153. The standard InChI is InChI=1S/C8H6F3IO3S/c1-14-7(13)6-4(2-5(12)16-6)15-3-8(9,10)11/h2H,3H2,1H3. The molecule has 0 unspecified atom stereocenters. The van der Waals surface area contributed by atoms with Crippen LogP contribution in [0.25, 0.3) is 0 Å². The summed E-state index contributed by atoms with van der Waals surface area (Å²) in [7, 11) is 1.16. The fourth-order valence-electron chi connectivity index (χ4n) is 0.848. The van der Waals surface area contributed by atoms with Crippen molar-refractivity contribution in [1.82, 2.24) is 0 Å². The minimum absolute atomic E-state index is 0.0381. The van der Waals surface area contributed by atoms with Crippen molar-refractivity contribution < 1.29 is 27.4 Å². The number of carbonyl (C=O) groups is 1. The Labute approximate surface area is 107 Å². The van der Waals surface area contributed by atoms with Crippen molar-refractivity contribution in [3.63, 3.8) is 0 Å².